The van der Waals surface area contributed by atoms with Crippen molar-refractivity contribution in [1.82, 2.24) is 0 Å². The zero-order valence-electron chi connectivity index (χ0n) is 19.6. The van der Waals surface area contributed by atoms with E-state index in [2.05, 4.69) is 11.7 Å². The summed E-state index contributed by atoms with van der Waals surface area (Å²) in [6, 6.07) is 0. The summed E-state index contributed by atoms with van der Waals surface area (Å²) < 4.78 is 75.1. The molecule has 0 saturated carbocycles. The summed E-state index contributed by atoms with van der Waals surface area (Å²) in [5.41, 5.74) is 0. The maximum absolute atomic E-state index is 13.5. The number of benzene rings is 1. The van der Waals surface area contributed by atoms with Crippen LogP contribution >= 0.6 is 0 Å². The van der Waals surface area contributed by atoms with Crippen molar-refractivity contribution in [3.63, 3.8) is 0 Å². The van der Waals surface area contributed by atoms with Crippen molar-refractivity contribution in [2.24, 2.45) is 0 Å². The predicted molar refractivity (Wildman–Crippen MR) is 118 cm³/mol. The molecule has 0 heterocycles. The summed E-state index contributed by atoms with van der Waals surface area (Å²) in [7, 11) is 0. The Kier molecular flexibility index (Phi) is 14.8. The average Bonchev–Trinajstić information content (AvgIpc) is 2.83. The molecular weight excluding hydrogens is 459 g/mol. The van der Waals surface area contributed by atoms with Gasteiger partial charge in [-0.1, -0.05) is 84.0 Å². The second-order valence-corrected chi connectivity index (χ2v) is 8.06. The van der Waals surface area contributed by atoms with E-state index in [4.69, 9.17) is 4.74 Å². The molecule has 1 aromatic rings. The Labute approximate surface area is 197 Å². The van der Waals surface area contributed by atoms with Crippen LogP contribution in [0.5, 0.6) is 5.75 Å². The van der Waals surface area contributed by atoms with Crippen LogP contribution < -0.4 is 4.74 Å². The highest BCUT2D eigenvalue weighted by atomic mass is 19.2. The molecule has 0 atom stereocenters. The Bertz CT molecular complexity index is 782. The third-order valence-corrected chi connectivity index (χ3v) is 5.22. The molecule has 4 nitrogen and oxygen atoms in total. The molecule has 0 radical (unpaired) electrons. The summed E-state index contributed by atoms with van der Waals surface area (Å²) in [4.78, 5) is 23.1. The summed E-state index contributed by atoms with van der Waals surface area (Å²) >= 11 is 0. The fourth-order valence-corrected chi connectivity index (χ4v) is 3.29. The zero-order valence-corrected chi connectivity index (χ0v) is 19.6. The van der Waals surface area contributed by atoms with Crippen molar-refractivity contribution in [1.29, 1.82) is 0 Å². The van der Waals surface area contributed by atoms with Gasteiger partial charge in [-0.05, 0) is 6.42 Å². The van der Waals surface area contributed by atoms with E-state index in [1.54, 1.807) is 0 Å². The predicted octanol–water partition coefficient (Wildman–Crippen LogP) is 7.48. The van der Waals surface area contributed by atoms with Gasteiger partial charge in [-0.25, -0.2) is 22.8 Å². The van der Waals surface area contributed by atoms with Crippen molar-refractivity contribution < 1.29 is 41.0 Å². The number of hydrogen-bond donors (Lipinski definition) is 0. The van der Waals surface area contributed by atoms with Crippen molar-refractivity contribution in [2.75, 3.05) is 6.61 Å². The number of rotatable bonds is 17. The number of carbonyl (C=O) groups excluding carboxylic acids is 2. The summed E-state index contributed by atoms with van der Waals surface area (Å²) in [6.45, 7) is 2.34. The lowest BCUT2D eigenvalue weighted by Crippen LogP contribution is -2.12. The second-order valence-electron chi connectivity index (χ2n) is 8.06. The van der Waals surface area contributed by atoms with Crippen LogP contribution in [0.3, 0.4) is 0 Å². The van der Waals surface area contributed by atoms with Gasteiger partial charge >= 0.3 is 11.9 Å². The molecule has 0 aliphatic heterocycles. The van der Waals surface area contributed by atoms with Crippen molar-refractivity contribution in [3.8, 4) is 5.75 Å². The minimum absolute atomic E-state index is 0.133. The molecule has 0 unspecified atom stereocenters. The Morgan fingerprint density at radius 1 is 0.588 bits per heavy atom. The van der Waals surface area contributed by atoms with Gasteiger partial charge in [-0.2, -0.15) is 8.78 Å². The molecular formula is C25H33F5O4. The van der Waals surface area contributed by atoms with Crippen LogP contribution in [0.4, 0.5) is 22.0 Å². The molecule has 0 aliphatic rings. The minimum Gasteiger partial charge on any atom is -0.463 e. The second kappa shape index (κ2) is 17.1. The monoisotopic (exact) mass is 492 g/mol. The van der Waals surface area contributed by atoms with Crippen LogP contribution in [0.1, 0.15) is 90.4 Å². The van der Waals surface area contributed by atoms with E-state index in [0.29, 0.717) is 18.6 Å². The number of halogens is 5. The first kappa shape index (κ1) is 29.6. The number of ether oxygens (including phenoxy) is 2. The van der Waals surface area contributed by atoms with Crippen molar-refractivity contribution in [2.45, 2.75) is 90.4 Å². The van der Waals surface area contributed by atoms with Gasteiger partial charge in [-0.15, -0.1) is 0 Å². The zero-order chi connectivity index (χ0) is 25.3. The van der Waals surface area contributed by atoms with Crippen LogP contribution in [0.15, 0.2) is 12.2 Å². The SMILES string of the molecule is CCCCCCCCCCCCCCCOC(=O)/C=C/C(=O)Oc1c(F)c(F)c(F)c(F)c1F. The summed E-state index contributed by atoms with van der Waals surface area (Å²) in [6.07, 6.45) is 16.3. The van der Waals surface area contributed by atoms with Crippen LogP contribution in [0.25, 0.3) is 0 Å². The first-order valence-electron chi connectivity index (χ1n) is 11.9. The number of unbranched alkanes of at least 4 members (excludes halogenated alkanes) is 12. The topological polar surface area (TPSA) is 52.6 Å². The normalized spacial score (nSPS) is 11.2. The maximum Gasteiger partial charge on any atom is 0.336 e. The van der Waals surface area contributed by atoms with Crippen LogP contribution in [0, 0.1) is 29.1 Å². The van der Waals surface area contributed by atoms with Crippen molar-refractivity contribution >= 4 is 11.9 Å². The Morgan fingerprint density at radius 3 is 1.44 bits per heavy atom. The van der Waals surface area contributed by atoms with Gasteiger partial charge in [0.1, 0.15) is 0 Å². The van der Waals surface area contributed by atoms with E-state index in [0.717, 1.165) is 19.3 Å². The lowest BCUT2D eigenvalue weighted by Gasteiger charge is -2.07. The van der Waals surface area contributed by atoms with E-state index in [1.807, 2.05) is 0 Å². The minimum atomic E-state index is -2.37. The number of carbonyl (C=O) groups is 2. The van der Waals surface area contributed by atoms with E-state index < -0.39 is 46.8 Å². The van der Waals surface area contributed by atoms with Crippen LogP contribution in [0.2, 0.25) is 0 Å². The van der Waals surface area contributed by atoms with Crippen LogP contribution in [-0.4, -0.2) is 18.5 Å². The fourth-order valence-electron chi connectivity index (χ4n) is 3.29. The van der Waals surface area contributed by atoms with E-state index in [-0.39, 0.29) is 6.61 Å². The largest absolute Gasteiger partial charge is 0.463 e. The molecule has 1 aromatic carbocycles. The third kappa shape index (κ3) is 11.1. The van der Waals surface area contributed by atoms with Gasteiger partial charge in [0.15, 0.2) is 0 Å². The molecule has 1 rings (SSSR count). The summed E-state index contributed by atoms with van der Waals surface area (Å²) in [5.74, 6) is -15.6. The highest BCUT2D eigenvalue weighted by Crippen LogP contribution is 2.29. The Balaban J connectivity index is 2.15. The smallest absolute Gasteiger partial charge is 0.336 e. The van der Waals surface area contributed by atoms with Gasteiger partial charge in [0, 0.05) is 12.2 Å². The van der Waals surface area contributed by atoms with Crippen molar-refractivity contribution in [3.05, 3.63) is 41.2 Å². The van der Waals surface area contributed by atoms with E-state index >= 15 is 0 Å². The highest BCUT2D eigenvalue weighted by Gasteiger charge is 2.28. The average molecular weight is 493 g/mol. The lowest BCUT2D eigenvalue weighted by molar-refractivity contribution is -0.138. The summed E-state index contributed by atoms with van der Waals surface area (Å²) in [5, 5.41) is 0. The third-order valence-electron chi connectivity index (χ3n) is 5.22. The Hall–Kier alpha value is -2.45. The molecule has 0 N–H and O–H groups in total. The first-order chi connectivity index (χ1) is 16.3. The molecule has 0 fully saturated rings. The number of esters is 2. The van der Waals surface area contributed by atoms with Gasteiger partial charge in [0.25, 0.3) is 0 Å². The van der Waals surface area contributed by atoms with Crippen LogP contribution in [-0.2, 0) is 14.3 Å². The fraction of sp³-hybridized carbons (Fsp3) is 0.600. The van der Waals surface area contributed by atoms with Gasteiger partial charge < -0.3 is 9.47 Å². The number of hydrogen-bond acceptors (Lipinski definition) is 4. The van der Waals surface area contributed by atoms with Gasteiger partial charge in [-0.3, -0.25) is 0 Å². The molecule has 0 saturated heterocycles. The van der Waals surface area contributed by atoms with Gasteiger partial charge in [0.2, 0.25) is 34.8 Å². The first-order valence-corrected chi connectivity index (χ1v) is 11.9. The molecule has 9 heteroatoms. The molecule has 0 spiro atoms. The molecule has 0 amide bonds. The van der Waals surface area contributed by atoms with Gasteiger partial charge in [0.05, 0.1) is 6.61 Å². The molecule has 0 aromatic heterocycles. The lowest BCUT2D eigenvalue weighted by atomic mass is 10.0. The quantitative estimate of drug-likeness (QED) is 0.0430. The Morgan fingerprint density at radius 2 is 0.971 bits per heavy atom. The standard InChI is InChI=1S/C25H33F5O4/c1-2-3-4-5-6-7-8-9-10-11-12-13-14-17-33-18(31)15-16-19(32)34-25-23(29)21(27)20(26)22(28)24(25)30/h15-16H,2-14,17H2,1H3/b16-15+. The molecule has 192 valence electrons. The molecule has 34 heavy (non-hydrogen) atoms. The molecule has 0 aliphatic carbocycles. The van der Waals surface area contributed by atoms with E-state index in [1.165, 1.54) is 57.8 Å². The maximum atomic E-state index is 13.5. The highest BCUT2D eigenvalue weighted by molar-refractivity contribution is 5.92. The van der Waals surface area contributed by atoms with E-state index in [9.17, 15) is 31.5 Å². The molecule has 0 bridgehead atoms.